The molecule has 0 radical (unpaired) electrons. The Kier molecular flexibility index (Phi) is 3.97. The fourth-order valence-corrected chi connectivity index (χ4v) is 3.46. The molecule has 104 valence electrons. The molecule has 19 heavy (non-hydrogen) atoms. The third-order valence-corrected chi connectivity index (χ3v) is 4.63. The van der Waals surface area contributed by atoms with Crippen LogP contribution in [0.1, 0.15) is 50.1 Å². The maximum atomic E-state index is 5.64. The molecule has 0 spiro atoms. The zero-order valence-corrected chi connectivity index (χ0v) is 11.6. The molecular formula is C15H24N4. The van der Waals surface area contributed by atoms with Crippen molar-refractivity contribution < 1.29 is 0 Å². The van der Waals surface area contributed by atoms with E-state index in [1.165, 1.54) is 37.8 Å². The summed E-state index contributed by atoms with van der Waals surface area (Å²) in [6.45, 7) is 2.99. The van der Waals surface area contributed by atoms with Gasteiger partial charge >= 0.3 is 0 Å². The van der Waals surface area contributed by atoms with E-state index in [9.17, 15) is 0 Å². The molecule has 3 rings (SSSR count). The number of nitrogens with two attached hydrogens (primary N) is 1. The van der Waals surface area contributed by atoms with E-state index in [2.05, 4.69) is 27.2 Å². The minimum absolute atomic E-state index is 0.658. The fourth-order valence-electron chi connectivity index (χ4n) is 3.46. The van der Waals surface area contributed by atoms with E-state index in [0.29, 0.717) is 5.92 Å². The lowest BCUT2D eigenvalue weighted by molar-refractivity contribution is 0.546. The molecule has 1 aliphatic carbocycles. The predicted molar refractivity (Wildman–Crippen MR) is 77.2 cm³/mol. The van der Waals surface area contributed by atoms with Gasteiger partial charge in [-0.05, 0) is 50.3 Å². The van der Waals surface area contributed by atoms with Gasteiger partial charge in [-0.15, -0.1) is 5.10 Å². The van der Waals surface area contributed by atoms with Crippen LogP contribution in [-0.2, 0) is 0 Å². The normalized spacial score (nSPS) is 24.3. The molecule has 0 amide bonds. The minimum atomic E-state index is 0.658. The van der Waals surface area contributed by atoms with Crippen molar-refractivity contribution in [3.8, 4) is 0 Å². The minimum Gasteiger partial charge on any atom is -0.355 e. The molecule has 1 aromatic heterocycles. The number of anilines is 1. The average molecular weight is 260 g/mol. The van der Waals surface area contributed by atoms with Gasteiger partial charge < -0.3 is 10.6 Å². The highest BCUT2D eigenvalue weighted by atomic mass is 15.3. The molecule has 1 aromatic rings. The van der Waals surface area contributed by atoms with Crippen molar-refractivity contribution in [1.82, 2.24) is 10.2 Å². The van der Waals surface area contributed by atoms with Crippen molar-refractivity contribution >= 4 is 5.82 Å². The van der Waals surface area contributed by atoms with Gasteiger partial charge in [0.15, 0.2) is 5.82 Å². The Bertz CT molecular complexity index is 397. The second kappa shape index (κ2) is 5.87. The molecule has 2 N–H and O–H groups in total. The van der Waals surface area contributed by atoms with E-state index in [1.807, 2.05) is 0 Å². The van der Waals surface area contributed by atoms with Crippen molar-refractivity contribution in [3.63, 3.8) is 0 Å². The van der Waals surface area contributed by atoms with Crippen molar-refractivity contribution in [1.29, 1.82) is 0 Å². The lowest BCUT2D eigenvalue weighted by Gasteiger charge is -2.17. The first-order chi connectivity index (χ1) is 9.36. The monoisotopic (exact) mass is 260 g/mol. The van der Waals surface area contributed by atoms with Crippen LogP contribution in [0.25, 0.3) is 0 Å². The van der Waals surface area contributed by atoms with E-state index in [4.69, 9.17) is 5.73 Å². The highest BCUT2D eigenvalue weighted by molar-refractivity contribution is 5.39. The van der Waals surface area contributed by atoms with Crippen LogP contribution in [0.15, 0.2) is 12.1 Å². The van der Waals surface area contributed by atoms with Crippen molar-refractivity contribution in [2.75, 3.05) is 24.5 Å². The summed E-state index contributed by atoms with van der Waals surface area (Å²) in [5.74, 6) is 2.44. The third-order valence-electron chi connectivity index (χ3n) is 4.63. The van der Waals surface area contributed by atoms with Crippen LogP contribution in [0.4, 0.5) is 5.82 Å². The highest BCUT2D eigenvalue weighted by Gasteiger charge is 2.24. The molecule has 0 bridgehead atoms. The summed E-state index contributed by atoms with van der Waals surface area (Å²) in [7, 11) is 0. The summed E-state index contributed by atoms with van der Waals surface area (Å²) in [5, 5.41) is 8.90. The molecule has 2 aliphatic rings. The summed E-state index contributed by atoms with van der Waals surface area (Å²) < 4.78 is 0. The Morgan fingerprint density at radius 3 is 2.68 bits per heavy atom. The summed E-state index contributed by atoms with van der Waals surface area (Å²) in [5.41, 5.74) is 6.83. The molecule has 4 nitrogen and oxygen atoms in total. The fraction of sp³-hybridized carbons (Fsp3) is 0.733. The average Bonchev–Trinajstić information content (AvgIpc) is 3.10. The summed E-state index contributed by atoms with van der Waals surface area (Å²) in [4.78, 5) is 2.35. The molecular weight excluding hydrogens is 236 g/mol. The Morgan fingerprint density at radius 1 is 1.16 bits per heavy atom. The van der Waals surface area contributed by atoms with Gasteiger partial charge in [0, 0.05) is 19.0 Å². The van der Waals surface area contributed by atoms with Gasteiger partial charge in [0.25, 0.3) is 0 Å². The smallest absolute Gasteiger partial charge is 0.151 e. The lowest BCUT2D eigenvalue weighted by atomic mass is 10.0. The second-order valence-corrected chi connectivity index (χ2v) is 5.98. The number of hydrogen-bond donors (Lipinski definition) is 1. The topological polar surface area (TPSA) is 55.0 Å². The highest BCUT2D eigenvalue weighted by Crippen LogP contribution is 2.33. The zero-order valence-electron chi connectivity index (χ0n) is 11.6. The van der Waals surface area contributed by atoms with Crippen LogP contribution >= 0.6 is 0 Å². The van der Waals surface area contributed by atoms with E-state index >= 15 is 0 Å². The number of rotatable bonds is 4. The van der Waals surface area contributed by atoms with Gasteiger partial charge in [0.1, 0.15) is 0 Å². The van der Waals surface area contributed by atoms with Gasteiger partial charge in [-0.1, -0.05) is 12.8 Å². The van der Waals surface area contributed by atoms with Crippen LogP contribution in [0.3, 0.4) is 0 Å². The SMILES string of the molecule is NCCC1CCN(c2ccc(C3CCCC3)nn2)C1. The molecule has 1 saturated carbocycles. The van der Waals surface area contributed by atoms with Crippen molar-refractivity contribution in [2.24, 2.45) is 11.7 Å². The van der Waals surface area contributed by atoms with E-state index < -0.39 is 0 Å². The van der Waals surface area contributed by atoms with Gasteiger partial charge in [-0.2, -0.15) is 5.10 Å². The molecule has 1 unspecified atom stereocenters. The van der Waals surface area contributed by atoms with E-state index in [0.717, 1.165) is 37.8 Å². The Hall–Kier alpha value is -1.16. The Morgan fingerprint density at radius 2 is 2.00 bits per heavy atom. The van der Waals surface area contributed by atoms with E-state index in [-0.39, 0.29) is 0 Å². The van der Waals surface area contributed by atoms with Crippen LogP contribution in [-0.4, -0.2) is 29.8 Å². The van der Waals surface area contributed by atoms with Gasteiger partial charge in [0.05, 0.1) is 5.69 Å². The zero-order chi connectivity index (χ0) is 13.1. The number of nitrogens with zero attached hydrogens (tertiary/aromatic N) is 3. The first-order valence-electron chi connectivity index (χ1n) is 7.65. The van der Waals surface area contributed by atoms with Gasteiger partial charge in [0.2, 0.25) is 0 Å². The number of hydrogen-bond acceptors (Lipinski definition) is 4. The summed E-state index contributed by atoms with van der Waals surface area (Å²) in [6, 6.07) is 4.35. The quantitative estimate of drug-likeness (QED) is 0.902. The summed E-state index contributed by atoms with van der Waals surface area (Å²) >= 11 is 0. The number of aromatic nitrogens is 2. The molecule has 2 fully saturated rings. The van der Waals surface area contributed by atoms with Gasteiger partial charge in [-0.3, -0.25) is 0 Å². The maximum Gasteiger partial charge on any atom is 0.151 e. The van der Waals surface area contributed by atoms with Crippen molar-refractivity contribution in [3.05, 3.63) is 17.8 Å². The molecule has 0 aromatic carbocycles. The molecule has 1 atom stereocenters. The van der Waals surface area contributed by atoms with Crippen molar-refractivity contribution in [2.45, 2.75) is 44.4 Å². The van der Waals surface area contributed by atoms with E-state index in [1.54, 1.807) is 0 Å². The molecule has 1 aliphatic heterocycles. The Balaban J connectivity index is 1.62. The molecule has 1 saturated heterocycles. The van der Waals surface area contributed by atoms with Gasteiger partial charge in [-0.25, -0.2) is 0 Å². The molecule has 2 heterocycles. The largest absolute Gasteiger partial charge is 0.355 e. The predicted octanol–water partition coefficient (Wildman–Crippen LogP) is 2.31. The standard InChI is InChI=1S/C15H24N4/c16-9-7-12-8-10-19(11-12)15-6-5-14(17-18-15)13-3-1-2-4-13/h5-6,12-13H,1-4,7-11,16H2. The first-order valence-corrected chi connectivity index (χ1v) is 7.65. The first kappa shape index (κ1) is 12.9. The molecule has 4 heteroatoms. The Labute approximate surface area is 115 Å². The maximum absolute atomic E-state index is 5.64. The van der Waals surface area contributed by atoms with Crippen LogP contribution in [0.5, 0.6) is 0 Å². The second-order valence-electron chi connectivity index (χ2n) is 5.98. The third kappa shape index (κ3) is 2.89. The van der Waals surface area contributed by atoms with Crippen LogP contribution in [0, 0.1) is 5.92 Å². The lowest BCUT2D eigenvalue weighted by Crippen LogP contribution is -2.22. The van der Waals surface area contributed by atoms with Crippen LogP contribution in [0.2, 0.25) is 0 Å². The summed E-state index contributed by atoms with van der Waals surface area (Å²) in [6.07, 6.45) is 7.64. The van der Waals surface area contributed by atoms with Crippen LogP contribution < -0.4 is 10.6 Å².